The van der Waals surface area contributed by atoms with Gasteiger partial charge in [0.2, 0.25) is 0 Å². The lowest BCUT2D eigenvalue weighted by molar-refractivity contribution is 0.427. The van der Waals surface area contributed by atoms with E-state index in [1.807, 2.05) is 36.7 Å². The molecule has 0 bridgehead atoms. The number of allylic oxidation sites excluding steroid dienone is 1. The Hall–Kier alpha value is -3.78. The van der Waals surface area contributed by atoms with Crippen molar-refractivity contribution in [3.05, 3.63) is 83.8 Å². The van der Waals surface area contributed by atoms with Gasteiger partial charge >= 0.3 is 0 Å². The van der Waals surface area contributed by atoms with E-state index < -0.39 is 11.4 Å². The van der Waals surface area contributed by atoms with Crippen molar-refractivity contribution < 1.29 is 4.39 Å². The lowest BCUT2D eigenvalue weighted by Crippen LogP contribution is -2.28. The highest BCUT2D eigenvalue weighted by Gasteiger charge is 2.30. The van der Waals surface area contributed by atoms with E-state index in [4.69, 9.17) is 22.9 Å². The molecule has 0 saturated heterocycles. The maximum Gasteiger partial charge on any atom is 0.146 e. The number of hydrogen-bond donors (Lipinski definition) is 3. The Morgan fingerprint density at radius 1 is 1.19 bits per heavy atom. The summed E-state index contributed by atoms with van der Waals surface area (Å²) in [6.07, 6.45) is 4.82. The maximum atomic E-state index is 14.0. The number of nitrogens with zero attached hydrogens (tertiary/aromatic N) is 4. The molecule has 2 heterocycles. The summed E-state index contributed by atoms with van der Waals surface area (Å²) < 4.78 is 15.9. The number of nitrogen functional groups attached to an aromatic ring is 1. The number of benzene rings is 2. The molecule has 0 radical (unpaired) electrons. The fraction of sp³-hybridized carbons (Fsp3) is 0.130. The van der Waals surface area contributed by atoms with Crippen LogP contribution in [0.15, 0.2) is 78.1 Å². The van der Waals surface area contributed by atoms with Gasteiger partial charge in [-0.2, -0.15) is 5.11 Å². The molecule has 0 atom stereocenters. The van der Waals surface area contributed by atoms with Gasteiger partial charge < -0.3 is 15.6 Å². The lowest BCUT2D eigenvalue weighted by atomic mass is 10.0. The Balaban J connectivity index is 1.85. The molecule has 0 aliphatic heterocycles. The van der Waals surface area contributed by atoms with Crippen LogP contribution in [-0.4, -0.2) is 14.5 Å². The van der Waals surface area contributed by atoms with Crippen molar-refractivity contribution >= 4 is 34.1 Å². The Bertz CT molecular complexity index is 1330. The zero-order valence-electron chi connectivity index (χ0n) is 17.5. The van der Waals surface area contributed by atoms with Gasteiger partial charge in [-0.15, -0.1) is 0 Å². The molecule has 4 aromatic rings. The van der Waals surface area contributed by atoms with Gasteiger partial charge in [-0.1, -0.05) is 35.9 Å². The van der Waals surface area contributed by atoms with Gasteiger partial charge in [-0.05, 0) is 43.7 Å². The van der Waals surface area contributed by atoms with Crippen molar-refractivity contribution in [3.8, 4) is 11.1 Å². The molecule has 2 aromatic heterocycles. The summed E-state index contributed by atoms with van der Waals surface area (Å²) in [4.78, 5) is 8.61. The van der Waals surface area contributed by atoms with Crippen LogP contribution in [0.1, 0.15) is 13.8 Å². The fourth-order valence-corrected chi connectivity index (χ4v) is 3.68. The summed E-state index contributed by atoms with van der Waals surface area (Å²) in [5.41, 5.74) is 16.1. The summed E-state index contributed by atoms with van der Waals surface area (Å²) >= 11 is 6.05. The third-order valence-corrected chi connectivity index (χ3v) is 5.61. The van der Waals surface area contributed by atoms with Crippen LogP contribution in [0.4, 0.5) is 15.9 Å². The molecule has 0 amide bonds. The van der Waals surface area contributed by atoms with Crippen LogP contribution >= 0.6 is 11.6 Å². The normalized spacial score (nSPS) is 12.2. The third kappa shape index (κ3) is 3.80. The number of fused-ring (bicyclic) bond motifs is 1. The van der Waals surface area contributed by atoms with Crippen LogP contribution < -0.4 is 11.1 Å². The number of nitrogens with one attached hydrogen (secondary N) is 2. The van der Waals surface area contributed by atoms with Crippen LogP contribution in [0, 0.1) is 11.3 Å². The van der Waals surface area contributed by atoms with Gasteiger partial charge in [0.15, 0.2) is 0 Å². The summed E-state index contributed by atoms with van der Waals surface area (Å²) in [5.74, 6) is -0.0600. The maximum absolute atomic E-state index is 14.0. The van der Waals surface area contributed by atoms with E-state index in [1.54, 1.807) is 30.3 Å². The molecule has 9 heteroatoms. The van der Waals surface area contributed by atoms with Gasteiger partial charge in [0.1, 0.15) is 29.3 Å². The average molecular weight is 450 g/mol. The van der Waals surface area contributed by atoms with Gasteiger partial charge in [0, 0.05) is 23.0 Å². The molecule has 0 spiro atoms. The van der Waals surface area contributed by atoms with Crippen molar-refractivity contribution in [2.75, 3.05) is 11.1 Å². The minimum absolute atomic E-state index is 0.287. The van der Waals surface area contributed by atoms with Crippen molar-refractivity contribution in [2.45, 2.75) is 19.4 Å². The standard InChI is InChI=1S/C23H21ClFN7/c1-23(2,19(31-27)11-28-18-6-4-3-5-17(18)25)32-12-16(14-7-9-15(24)10-8-14)20-21(26)29-13-30-22(20)32/h3-13,27-28H,1-2H3,(H2,26,29,30)/b19-11-,31-27?. The smallest absolute Gasteiger partial charge is 0.146 e. The van der Waals surface area contributed by atoms with Crippen LogP contribution in [0.25, 0.3) is 22.2 Å². The number of hydrogen-bond acceptors (Lipinski definition) is 6. The molecule has 4 rings (SSSR count). The summed E-state index contributed by atoms with van der Waals surface area (Å²) in [6.45, 7) is 3.78. The summed E-state index contributed by atoms with van der Waals surface area (Å²) in [5, 5.41) is 7.94. The van der Waals surface area contributed by atoms with Gasteiger partial charge in [0.05, 0.1) is 16.6 Å². The summed E-state index contributed by atoms with van der Waals surface area (Å²) in [6, 6.07) is 13.7. The highest BCUT2D eigenvalue weighted by Crippen LogP contribution is 2.38. The Kier molecular flexibility index (Phi) is 5.63. The predicted molar refractivity (Wildman–Crippen MR) is 125 cm³/mol. The van der Waals surface area contributed by atoms with Crippen molar-refractivity contribution in [2.24, 2.45) is 5.11 Å². The molecule has 0 saturated carbocycles. The minimum atomic E-state index is -0.830. The second-order valence-corrected chi connectivity index (χ2v) is 8.14. The molecule has 0 unspecified atom stereocenters. The fourth-order valence-electron chi connectivity index (χ4n) is 3.55. The van der Waals surface area contributed by atoms with E-state index in [2.05, 4.69) is 20.4 Å². The first kappa shape index (κ1) is 21.5. The van der Waals surface area contributed by atoms with Crippen LogP contribution in [-0.2, 0) is 5.54 Å². The Morgan fingerprint density at radius 3 is 2.59 bits per heavy atom. The van der Waals surface area contributed by atoms with Crippen molar-refractivity contribution in [3.63, 3.8) is 0 Å². The highest BCUT2D eigenvalue weighted by atomic mass is 35.5. The lowest BCUT2D eigenvalue weighted by Gasteiger charge is -2.27. The van der Waals surface area contributed by atoms with E-state index >= 15 is 0 Å². The molecular formula is C23H21ClFN7. The van der Waals surface area contributed by atoms with Crippen molar-refractivity contribution in [1.82, 2.24) is 14.5 Å². The molecule has 0 aliphatic carbocycles. The van der Waals surface area contributed by atoms with Gasteiger partial charge in [-0.3, -0.25) is 0 Å². The van der Waals surface area contributed by atoms with E-state index in [1.165, 1.54) is 18.6 Å². The van der Waals surface area contributed by atoms with Gasteiger partial charge in [0.25, 0.3) is 0 Å². The molecule has 0 aliphatic rings. The molecule has 7 nitrogen and oxygen atoms in total. The van der Waals surface area contributed by atoms with E-state index in [9.17, 15) is 4.39 Å². The largest absolute Gasteiger partial charge is 0.383 e. The molecule has 162 valence electrons. The topological polar surface area (TPSA) is 105 Å². The van der Waals surface area contributed by atoms with E-state index in [0.29, 0.717) is 27.6 Å². The number of rotatable bonds is 6. The first-order chi connectivity index (χ1) is 15.3. The Morgan fingerprint density at radius 2 is 1.91 bits per heavy atom. The quantitative estimate of drug-likeness (QED) is 0.305. The summed E-state index contributed by atoms with van der Waals surface area (Å²) in [7, 11) is 0. The monoisotopic (exact) mass is 449 g/mol. The van der Waals surface area contributed by atoms with E-state index in [-0.39, 0.29) is 5.69 Å². The van der Waals surface area contributed by atoms with Crippen LogP contribution in [0.3, 0.4) is 0 Å². The second-order valence-electron chi connectivity index (χ2n) is 7.70. The Labute approximate surface area is 189 Å². The van der Waals surface area contributed by atoms with Crippen LogP contribution in [0.5, 0.6) is 0 Å². The molecule has 2 aromatic carbocycles. The number of para-hydroxylation sites is 1. The highest BCUT2D eigenvalue weighted by molar-refractivity contribution is 6.30. The average Bonchev–Trinajstić information content (AvgIpc) is 3.18. The zero-order valence-corrected chi connectivity index (χ0v) is 18.2. The second kappa shape index (κ2) is 8.39. The molecule has 0 fully saturated rings. The number of aromatic nitrogens is 3. The predicted octanol–water partition coefficient (Wildman–Crippen LogP) is 6.19. The van der Waals surface area contributed by atoms with Gasteiger partial charge in [-0.25, -0.2) is 19.9 Å². The molecule has 32 heavy (non-hydrogen) atoms. The molecular weight excluding hydrogens is 429 g/mol. The first-order valence-corrected chi connectivity index (χ1v) is 10.2. The number of anilines is 2. The number of nitrogens with two attached hydrogens (primary N) is 1. The third-order valence-electron chi connectivity index (χ3n) is 5.36. The van der Waals surface area contributed by atoms with Crippen molar-refractivity contribution in [1.29, 1.82) is 5.53 Å². The van der Waals surface area contributed by atoms with E-state index in [0.717, 1.165) is 11.1 Å². The zero-order chi connectivity index (χ0) is 22.9. The SMILES string of the molecule is CC(C)(/C(=C/Nc1ccccc1F)N=N)n1cc(-c2ccc(Cl)cc2)c2c(N)ncnc21. The van der Waals surface area contributed by atoms with Crippen LogP contribution in [0.2, 0.25) is 5.02 Å². The minimum Gasteiger partial charge on any atom is -0.383 e. The first-order valence-electron chi connectivity index (χ1n) is 9.80. The molecule has 4 N–H and O–H groups in total. The number of halogens is 2.